The van der Waals surface area contributed by atoms with E-state index in [0.29, 0.717) is 15.9 Å². The van der Waals surface area contributed by atoms with Crippen molar-refractivity contribution < 1.29 is 0 Å². The predicted octanol–water partition coefficient (Wildman–Crippen LogP) is 3.83. The average molecular weight is 310 g/mol. The summed E-state index contributed by atoms with van der Waals surface area (Å²) in [5.74, 6) is 0. The summed E-state index contributed by atoms with van der Waals surface area (Å²) in [6.45, 7) is 1.98. The third-order valence-corrected chi connectivity index (χ3v) is 4.16. The molecule has 0 spiro atoms. The van der Waals surface area contributed by atoms with Gasteiger partial charge in [0.2, 0.25) is 0 Å². The summed E-state index contributed by atoms with van der Waals surface area (Å²) < 4.78 is 1.52. The Labute approximate surface area is 131 Å². The monoisotopic (exact) mass is 309 g/mol. The second-order valence-electron chi connectivity index (χ2n) is 5.22. The molecule has 0 atom stereocenters. The first-order valence-electron chi connectivity index (χ1n) is 6.91. The minimum Gasteiger partial charge on any atom is -0.289 e. The van der Waals surface area contributed by atoms with Gasteiger partial charge in [-0.1, -0.05) is 35.9 Å². The lowest BCUT2D eigenvalue weighted by molar-refractivity contribution is 0.864. The SMILES string of the molecule is Cc1ccc(Cl)c2c1ncc1c(=O)n(-c3ccccc3)[nH]c12. The topological polar surface area (TPSA) is 50.7 Å². The van der Waals surface area contributed by atoms with E-state index in [1.165, 1.54) is 4.68 Å². The van der Waals surface area contributed by atoms with Gasteiger partial charge in [-0.3, -0.25) is 14.9 Å². The summed E-state index contributed by atoms with van der Waals surface area (Å²) in [5, 5.41) is 5.07. The number of nitrogens with zero attached hydrogens (tertiary/aromatic N) is 2. The smallest absolute Gasteiger partial charge is 0.280 e. The van der Waals surface area contributed by atoms with E-state index in [1.54, 1.807) is 6.20 Å². The highest BCUT2D eigenvalue weighted by molar-refractivity contribution is 6.37. The van der Waals surface area contributed by atoms with Gasteiger partial charge in [-0.25, -0.2) is 4.68 Å². The van der Waals surface area contributed by atoms with Crippen LogP contribution in [0.4, 0.5) is 0 Å². The fourth-order valence-corrected chi connectivity index (χ4v) is 2.97. The highest BCUT2D eigenvalue weighted by Crippen LogP contribution is 2.29. The van der Waals surface area contributed by atoms with Crippen molar-refractivity contribution in [2.24, 2.45) is 0 Å². The van der Waals surface area contributed by atoms with Crippen LogP contribution in [0, 0.1) is 6.92 Å². The molecule has 0 saturated carbocycles. The number of aromatic nitrogens is 3. The first-order valence-corrected chi connectivity index (χ1v) is 7.28. The third-order valence-electron chi connectivity index (χ3n) is 3.84. The Hall–Kier alpha value is -2.59. The number of H-pyrrole nitrogens is 1. The zero-order valence-electron chi connectivity index (χ0n) is 11.8. The van der Waals surface area contributed by atoms with Gasteiger partial charge in [0.15, 0.2) is 0 Å². The normalized spacial score (nSPS) is 11.4. The average Bonchev–Trinajstić information content (AvgIpc) is 2.89. The molecule has 4 aromatic rings. The largest absolute Gasteiger partial charge is 0.289 e. The molecule has 4 rings (SSSR count). The number of para-hydroxylation sites is 1. The second kappa shape index (κ2) is 4.71. The lowest BCUT2D eigenvalue weighted by Gasteiger charge is -2.04. The van der Waals surface area contributed by atoms with Gasteiger partial charge in [0.25, 0.3) is 5.56 Å². The fourth-order valence-electron chi connectivity index (χ4n) is 2.72. The third kappa shape index (κ3) is 1.77. The molecule has 1 N–H and O–H groups in total. The van der Waals surface area contributed by atoms with Gasteiger partial charge < -0.3 is 0 Å². The minimum atomic E-state index is -0.131. The van der Waals surface area contributed by atoms with Crippen LogP contribution in [0.15, 0.2) is 53.5 Å². The molecular formula is C17H12ClN3O. The highest BCUT2D eigenvalue weighted by Gasteiger charge is 2.14. The Morgan fingerprint density at radius 1 is 1.14 bits per heavy atom. The molecule has 0 unspecified atom stereocenters. The van der Waals surface area contributed by atoms with Gasteiger partial charge in [0.1, 0.15) is 0 Å². The maximum atomic E-state index is 12.6. The summed E-state index contributed by atoms with van der Waals surface area (Å²) >= 11 is 6.34. The maximum absolute atomic E-state index is 12.6. The Balaban J connectivity index is 2.17. The Morgan fingerprint density at radius 2 is 1.91 bits per heavy atom. The molecule has 4 nitrogen and oxygen atoms in total. The van der Waals surface area contributed by atoms with E-state index in [0.717, 1.165) is 22.2 Å². The van der Waals surface area contributed by atoms with E-state index < -0.39 is 0 Å². The molecule has 2 aromatic heterocycles. The van der Waals surface area contributed by atoms with Gasteiger partial charge in [-0.15, -0.1) is 0 Å². The van der Waals surface area contributed by atoms with Crippen LogP contribution in [0.5, 0.6) is 0 Å². The highest BCUT2D eigenvalue weighted by atomic mass is 35.5. The van der Waals surface area contributed by atoms with Gasteiger partial charge in [-0.2, -0.15) is 0 Å². The first kappa shape index (κ1) is 13.1. The zero-order valence-corrected chi connectivity index (χ0v) is 12.6. The number of nitrogens with one attached hydrogen (secondary N) is 1. The molecule has 0 saturated heterocycles. The van der Waals surface area contributed by atoms with E-state index >= 15 is 0 Å². The van der Waals surface area contributed by atoms with E-state index in [2.05, 4.69) is 10.1 Å². The van der Waals surface area contributed by atoms with Crippen LogP contribution in [-0.4, -0.2) is 14.8 Å². The van der Waals surface area contributed by atoms with Crippen molar-refractivity contribution in [2.45, 2.75) is 6.92 Å². The summed E-state index contributed by atoms with van der Waals surface area (Å²) in [4.78, 5) is 17.0. The molecule has 0 aliphatic rings. The van der Waals surface area contributed by atoms with Crippen LogP contribution in [0.3, 0.4) is 0 Å². The molecular weight excluding hydrogens is 298 g/mol. The number of hydrogen-bond acceptors (Lipinski definition) is 2. The van der Waals surface area contributed by atoms with Crippen LogP contribution in [0.25, 0.3) is 27.5 Å². The quantitative estimate of drug-likeness (QED) is 0.581. The van der Waals surface area contributed by atoms with E-state index in [9.17, 15) is 4.79 Å². The number of halogens is 1. The molecule has 2 aromatic carbocycles. The number of benzene rings is 2. The summed E-state index contributed by atoms with van der Waals surface area (Å²) in [6.07, 6.45) is 1.61. The number of aromatic amines is 1. The van der Waals surface area contributed by atoms with E-state index in [-0.39, 0.29) is 5.56 Å². The van der Waals surface area contributed by atoms with Gasteiger partial charge >= 0.3 is 0 Å². The molecule has 0 aliphatic heterocycles. The number of pyridine rings is 1. The molecule has 0 fully saturated rings. The standard InChI is InChI=1S/C17H12ClN3O/c1-10-7-8-13(18)14-15(10)19-9-12-16(14)20-21(17(12)22)11-5-3-2-4-6-11/h2-9,20H,1H3. The van der Waals surface area contributed by atoms with Crippen molar-refractivity contribution in [1.29, 1.82) is 0 Å². The van der Waals surface area contributed by atoms with Crippen LogP contribution >= 0.6 is 11.6 Å². The zero-order chi connectivity index (χ0) is 15.3. The van der Waals surface area contributed by atoms with Crippen LogP contribution in [0.2, 0.25) is 5.02 Å². The summed E-state index contributed by atoms with van der Waals surface area (Å²) in [6, 6.07) is 13.2. The van der Waals surface area contributed by atoms with Gasteiger partial charge in [0, 0.05) is 11.6 Å². The fraction of sp³-hybridized carbons (Fsp3) is 0.0588. The van der Waals surface area contributed by atoms with Crippen LogP contribution in [-0.2, 0) is 0 Å². The Bertz CT molecular complexity index is 1060. The molecule has 2 heterocycles. The maximum Gasteiger partial charge on any atom is 0.280 e. The number of fused-ring (bicyclic) bond motifs is 3. The molecule has 0 bridgehead atoms. The summed E-state index contributed by atoms with van der Waals surface area (Å²) in [5.41, 5.74) is 3.19. The minimum absolute atomic E-state index is 0.131. The molecule has 0 radical (unpaired) electrons. The van der Waals surface area contributed by atoms with E-state index in [4.69, 9.17) is 11.6 Å². The van der Waals surface area contributed by atoms with Crippen molar-refractivity contribution in [3.63, 3.8) is 0 Å². The molecule has 108 valence electrons. The number of hydrogen-bond donors (Lipinski definition) is 1. The number of rotatable bonds is 1. The van der Waals surface area contributed by atoms with E-state index in [1.807, 2.05) is 49.4 Å². The van der Waals surface area contributed by atoms with Crippen molar-refractivity contribution in [3.8, 4) is 5.69 Å². The molecule has 22 heavy (non-hydrogen) atoms. The lowest BCUT2D eigenvalue weighted by atomic mass is 10.1. The van der Waals surface area contributed by atoms with Crippen molar-refractivity contribution in [1.82, 2.24) is 14.8 Å². The molecule has 0 amide bonds. The van der Waals surface area contributed by atoms with Gasteiger partial charge in [-0.05, 0) is 30.7 Å². The van der Waals surface area contributed by atoms with Crippen LogP contribution in [0.1, 0.15) is 5.56 Å². The first-order chi connectivity index (χ1) is 10.7. The second-order valence-corrected chi connectivity index (χ2v) is 5.63. The lowest BCUT2D eigenvalue weighted by Crippen LogP contribution is -2.13. The predicted molar refractivity (Wildman–Crippen MR) is 88.9 cm³/mol. The van der Waals surface area contributed by atoms with Crippen molar-refractivity contribution in [3.05, 3.63) is 69.6 Å². The number of aryl methyl sites for hydroxylation is 1. The Morgan fingerprint density at radius 3 is 2.68 bits per heavy atom. The molecule has 0 aliphatic carbocycles. The summed E-state index contributed by atoms with van der Waals surface area (Å²) in [7, 11) is 0. The van der Waals surface area contributed by atoms with Gasteiger partial charge in [0.05, 0.1) is 27.1 Å². The van der Waals surface area contributed by atoms with Crippen molar-refractivity contribution in [2.75, 3.05) is 0 Å². The van der Waals surface area contributed by atoms with Crippen LogP contribution < -0.4 is 5.56 Å². The molecule has 5 heteroatoms. The Kier molecular flexibility index (Phi) is 2.81. The van der Waals surface area contributed by atoms with Crippen molar-refractivity contribution >= 4 is 33.4 Å².